The number of rotatable bonds is 1. The molecule has 2 bridgehead atoms. The second-order valence-electron chi connectivity index (χ2n) is 6.60. The molecule has 1 heterocycles. The maximum absolute atomic E-state index is 12.6. The highest BCUT2D eigenvalue weighted by atomic mass is 35.5. The summed E-state index contributed by atoms with van der Waals surface area (Å²) in [5.74, 6) is 4.34. The van der Waals surface area contributed by atoms with Crippen molar-refractivity contribution in [2.45, 2.75) is 32.2 Å². The van der Waals surface area contributed by atoms with Gasteiger partial charge in [-0.3, -0.25) is 4.79 Å². The van der Waals surface area contributed by atoms with Crippen LogP contribution in [0.2, 0.25) is 0 Å². The first-order valence-electron chi connectivity index (χ1n) is 7.28. The predicted molar refractivity (Wildman–Crippen MR) is 72.6 cm³/mol. The van der Waals surface area contributed by atoms with Crippen LogP contribution in [0.1, 0.15) is 26.2 Å². The van der Waals surface area contributed by atoms with Gasteiger partial charge in [-0.15, -0.1) is 12.4 Å². The van der Waals surface area contributed by atoms with E-state index in [0.717, 1.165) is 43.3 Å². The third-order valence-corrected chi connectivity index (χ3v) is 5.80. The van der Waals surface area contributed by atoms with Gasteiger partial charge in [0.25, 0.3) is 0 Å². The molecule has 3 nitrogen and oxygen atoms in total. The molecule has 4 aliphatic rings. The SMILES string of the molecule is C[C@H]1CNCCN1C(=O)C1C2C3CCC(C3)C12.Cl. The average Bonchev–Trinajstić information content (AvgIpc) is 2.77. The van der Waals surface area contributed by atoms with Gasteiger partial charge in [0.05, 0.1) is 0 Å². The minimum Gasteiger partial charge on any atom is -0.337 e. The van der Waals surface area contributed by atoms with E-state index in [9.17, 15) is 4.79 Å². The molecular formula is C14H23ClN2O. The molecule has 0 aromatic rings. The van der Waals surface area contributed by atoms with Crippen LogP contribution in [0, 0.1) is 29.6 Å². The third kappa shape index (κ3) is 1.63. The normalized spacial score (nSPS) is 48.6. The molecule has 0 radical (unpaired) electrons. The summed E-state index contributed by atoms with van der Waals surface area (Å²) < 4.78 is 0. The first-order chi connectivity index (χ1) is 8.27. The maximum atomic E-state index is 12.6. The van der Waals surface area contributed by atoms with Crippen LogP contribution < -0.4 is 5.32 Å². The van der Waals surface area contributed by atoms with E-state index >= 15 is 0 Å². The second kappa shape index (κ2) is 4.38. The van der Waals surface area contributed by atoms with Crippen molar-refractivity contribution in [2.75, 3.05) is 19.6 Å². The van der Waals surface area contributed by atoms with Gasteiger partial charge in [0.15, 0.2) is 0 Å². The monoisotopic (exact) mass is 270 g/mol. The lowest BCUT2D eigenvalue weighted by Gasteiger charge is -2.34. The molecule has 0 spiro atoms. The van der Waals surface area contributed by atoms with Crippen molar-refractivity contribution in [3.8, 4) is 0 Å². The van der Waals surface area contributed by atoms with Crippen LogP contribution in [0.3, 0.4) is 0 Å². The van der Waals surface area contributed by atoms with E-state index in [-0.39, 0.29) is 12.4 Å². The minimum absolute atomic E-state index is 0. The fourth-order valence-corrected chi connectivity index (χ4v) is 5.02. The van der Waals surface area contributed by atoms with E-state index in [2.05, 4.69) is 17.1 Å². The van der Waals surface area contributed by atoms with Crippen molar-refractivity contribution < 1.29 is 4.79 Å². The van der Waals surface area contributed by atoms with Crippen molar-refractivity contribution >= 4 is 18.3 Å². The summed E-state index contributed by atoms with van der Waals surface area (Å²) in [5.41, 5.74) is 0. The zero-order chi connectivity index (χ0) is 11.6. The van der Waals surface area contributed by atoms with E-state index in [4.69, 9.17) is 0 Å². The Kier molecular flexibility index (Phi) is 3.10. The minimum atomic E-state index is 0. The van der Waals surface area contributed by atoms with Crippen LogP contribution in [-0.2, 0) is 4.79 Å². The number of nitrogens with one attached hydrogen (secondary N) is 1. The van der Waals surface area contributed by atoms with Gasteiger partial charge in [0.1, 0.15) is 0 Å². The van der Waals surface area contributed by atoms with Crippen LogP contribution in [0.25, 0.3) is 0 Å². The largest absolute Gasteiger partial charge is 0.337 e. The fourth-order valence-electron chi connectivity index (χ4n) is 5.02. The van der Waals surface area contributed by atoms with Crippen molar-refractivity contribution in [2.24, 2.45) is 29.6 Å². The number of carbonyl (C=O) groups excluding carboxylic acids is 1. The van der Waals surface area contributed by atoms with Crippen LogP contribution >= 0.6 is 12.4 Å². The number of hydrogen-bond donors (Lipinski definition) is 1. The van der Waals surface area contributed by atoms with Crippen molar-refractivity contribution in [3.63, 3.8) is 0 Å². The van der Waals surface area contributed by atoms with Crippen molar-refractivity contribution in [1.82, 2.24) is 10.2 Å². The summed E-state index contributed by atoms with van der Waals surface area (Å²) in [6, 6.07) is 0.398. The molecule has 1 saturated heterocycles. The summed E-state index contributed by atoms with van der Waals surface area (Å²) in [4.78, 5) is 14.8. The zero-order valence-corrected chi connectivity index (χ0v) is 11.8. The molecule has 4 unspecified atom stereocenters. The van der Waals surface area contributed by atoms with Crippen LogP contribution in [0.5, 0.6) is 0 Å². The highest BCUT2D eigenvalue weighted by Gasteiger charge is 2.68. The molecule has 5 atom stereocenters. The standard InChI is InChI=1S/C14H22N2O.ClH/c1-8-7-15-4-5-16(8)14(17)13-11-9-2-3-10(6-9)12(11)13;/h8-13,15H,2-7H2,1H3;1H/t8-,9?,10?,11?,12?,13?;/m0./s1. The molecule has 4 fully saturated rings. The highest BCUT2D eigenvalue weighted by Crippen LogP contribution is 2.69. The molecule has 1 amide bonds. The van der Waals surface area contributed by atoms with E-state index in [0.29, 0.717) is 17.9 Å². The molecule has 4 heteroatoms. The second-order valence-corrected chi connectivity index (χ2v) is 6.60. The maximum Gasteiger partial charge on any atom is 0.226 e. The summed E-state index contributed by atoms with van der Waals surface area (Å²) in [6.07, 6.45) is 4.26. The molecule has 0 aromatic carbocycles. The van der Waals surface area contributed by atoms with Gasteiger partial charge in [0.2, 0.25) is 5.91 Å². The van der Waals surface area contributed by atoms with Crippen LogP contribution in [0.15, 0.2) is 0 Å². The summed E-state index contributed by atoms with van der Waals surface area (Å²) in [6.45, 7) is 5.05. The lowest BCUT2D eigenvalue weighted by molar-refractivity contribution is -0.136. The smallest absolute Gasteiger partial charge is 0.226 e. The molecular weight excluding hydrogens is 248 g/mol. The van der Waals surface area contributed by atoms with Crippen molar-refractivity contribution in [1.29, 1.82) is 0 Å². The average molecular weight is 271 g/mol. The number of piperazine rings is 1. The van der Waals surface area contributed by atoms with Crippen LogP contribution in [0.4, 0.5) is 0 Å². The molecule has 0 aromatic heterocycles. The van der Waals surface area contributed by atoms with E-state index in [1.807, 2.05) is 0 Å². The van der Waals surface area contributed by atoms with E-state index in [1.54, 1.807) is 0 Å². The van der Waals surface area contributed by atoms with Crippen LogP contribution in [-0.4, -0.2) is 36.5 Å². The van der Waals surface area contributed by atoms with Gasteiger partial charge in [-0.2, -0.15) is 0 Å². The highest BCUT2D eigenvalue weighted by molar-refractivity contribution is 5.85. The number of hydrogen-bond acceptors (Lipinski definition) is 2. The lowest BCUT2D eigenvalue weighted by Crippen LogP contribution is -2.53. The number of halogens is 1. The third-order valence-electron chi connectivity index (χ3n) is 5.80. The Hall–Kier alpha value is -0.280. The number of amides is 1. The molecule has 18 heavy (non-hydrogen) atoms. The fraction of sp³-hybridized carbons (Fsp3) is 0.929. The molecule has 3 aliphatic carbocycles. The number of nitrogens with zero attached hydrogens (tertiary/aromatic N) is 1. The van der Waals surface area contributed by atoms with Gasteiger partial charge >= 0.3 is 0 Å². The number of carbonyl (C=O) groups is 1. The Bertz CT molecular complexity index is 346. The molecule has 1 N–H and O–H groups in total. The Labute approximate surface area is 115 Å². The first kappa shape index (κ1) is 12.7. The topological polar surface area (TPSA) is 32.3 Å². The summed E-state index contributed by atoms with van der Waals surface area (Å²) >= 11 is 0. The van der Waals surface area contributed by atoms with E-state index in [1.165, 1.54) is 19.3 Å². The van der Waals surface area contributed by atoms with Gasteiger partial charge in [0, 0.05) is 31.6 Å². The quantitative estimate of drug-likeness (QED) is 0.784. The van der Waals surface area contributed by atoms with Gasteiger partial charge in [-0.1, -0.05) is 0 Å². The zero-order valence-electron chi connectivity index (χ0n) is 11.0. The van der Waals surface area contributed by atoms with Gasteiger partial charge < -0.3 is 10.2 Å². The molecule has 1 aliphatic heterocycles. The first-order valence-corrected chi connectivity index (χ1v) is 7.28. The summed E-state index contributed by atoms with van der Waals surface area (Å²) in [7, 11) is 0. The number of fused-ring (bicyclic) bond motifs is 5. The molecule has 4 rings (SSSR count). The van der Waals surface area contributed by atoms with Gasteiger partial charge in [-0.05, 0) is 49.9 Å². The lowest BCUT2D eigenvalue weighted by atomic mass is 10.0. The Balaban J connectivity index is 0.000001000. The molecule has 3 saturated carbocycles. The Morgan fingerprint density at radius 1 is 1.22 bits per heavy atom. The van der Waals surface area contributed by atoms with E-state index < -0.39 is 0 Å². The Morgan fingerprint density at radius 3 is 2.50 bits per heavy atom. The van der Waals surface area contributed by atoms with Crippen molar-refractivity contribution in [3.05, 3.63) is 0 Å². The Morgan fingerprint density at radius 2 is 1.89 bits per heavy atom. The van der Waals surface area contributed by atoms with Gasteiger partial charge in [-0.25, -0.2) is 0 Å². The molecule has 102 valence electrons. The predicted octanol–water partition coefficient (Wildman–Crippen LogP) is 1.52. The summed E-state index contributed by atoms with van der Waals surface area (Å²) in [5, 5.41) is 3.37.